The van der Waals surface area contributed by atoms with Crippen LogP contribution in [0.2, 0.25) is 0 Å². The van der Waals surface area contributed by atoms with E-state index in [1.165, 1.54) is 12.8 Å². The van der Waals surface area contributed by atoms with Crippen LogP contribution in [-0.2, 0) is 9.47 Å². The number of amides is 1. The molecule has 1 aliphatic carbocycles. The van der Waals surface area contributed by atoms with Gasteiger partial charge in [-0.05, 0) is 59.4 Å². The lowest BCUT2D eigenvalue weighted by molar-refractivity contribution is 0.0525. The van der Waals surface area contributed by atoms with Gasteiger partial charge >= 0.3 is 6.09 Å². The zero-order chi connectivity index (χ0) is 15.0. The van der Waals surface area contributed by atoms with Crippen LogP contribution < -0.4 is 10.6 Å². The van der Waals surface area contributed by atoms with Gasteiger partial charge in [-0.15, -0.1) is 0 Å². The van der Waals surface area contributed by atoms with Crippen LogP contribution in [-0.4, -0.2) is 44.0 Å². The minimum Gasteiger partial charge on any atom is -0.444 e. The molecule has 1 aliphatic rings. The number of nitrogens with one attached hydrogen (secondary N) is 2. The maximum Gasteiger partial charge on any atom is 0.407 e. The quantitative estimate of drug-likeness (QED) is 0.736. The third-order valence-electron chi connectivity index (χ3n) is 3.46. The number of alkyl carbamates (subject to hydrolysis) is 1. The van der Waals surface area contributed by atoms with Crippen LogP contribution in [0.4, 0.5) is 4.79 Å². The van der Waals surface area contributed by atoms with Gasteiger partial charge < -0.3 is 20.1 Å². The second-order valence-corrected chi connectivity index (χ2v) is 6.45. The summed E-state index contributed by atoms with van der Waals surface area (Å²) in [5, 5.41) is 6.31. The Kier molecular flexibility index (Phi) is 7.30. The van der Waals surface area contributed by atoms with E-state index in [4.69, 9.17) is 9.47 Å². The standard InChI is InChI=1S/C15H30N2O3/c1-15(2,3)20-14(18)17-11-5-10-16-12-6-8-13(19-4)9-7-12/h12-13,16H,5-11H2,1-4H3,(H,17,18). The predicted octanol–water partition coefficient (Wildman–Crippen LogP) is 2.45. The highest BCUT2D eigenvalue weighted by atomic mass is 16.6. The van der Waals surface area contributed by atoms with Crippen molar-refractivity contribution in [3.05, 3.63) is 0 Å². The third-order valence-corrected chi connectivity index (χ3v) is 3.46. The van der Waals surface area contributed by atoms with Gasteiger partial charge in [0.2, 0.25) is 0 Å². The fourth-order valence-corrected chi connectivity index (χ4v) is 2.40. The molecule has 0 spiro atoms. The average Bonchev–Trinajstić information content (AvgIpc) is 2.37. The molecule has 5 heteroatoms. The second kappa shape index (κ2) is 8.47. The van der Waals surface area contributed by atoms with E-state index in [-0.39, 0.29) is 6.09 Å². The number of rotatable bonds is 6. The largest absolute Gasteiger partial charge is 0.444 e. The number of carbonyl (C=O) groups excluding carboxylic acids is 1. The number of hydrogen-bond acceptors (Lipinski definition) is 4. The molecule has 1 fully saturated rings. The van der Waals surface area contributed by atoms with Gasteiger partial charge in [0.1, 0.15) is 5.60 Å². The normalized spacial score (nSPS) is 23.4. The Labute approximate surface area is 122 Å². The molecule has 0 aliphatic heterocycles. The van der Waals surface area contributed by atoms with Crippen molar-refractivity contribution in [2.45, 2.75) is 70.6 Å². The monoisotopic (exact) mass is 286 g/mol. The van der Waals surface area contributed by atoms with E-state index in [0.29, 0.717) is 18.7 Å². The van der Waals surface area contributed by atoms with E-state index in [0.717, 1.165) is 25.8 Å². The molecule has 2 N–H and O–H groups in total. The molecule has 0 bridgehead atoms. The van der Waals surface area contributed by atoms with Gasteiger partial charge in [0.15, 0.2) is 0 Å². The van der Waals surface area contributed by atoms with Gasteiger partial charge in [-0.1, -0.05) is 0 Å². The number of hydrogen-bond donors (Lipinski definition) is 2. The van der Waals surface area contributed by atoms with Gasteiger partial charge in [0.25, 0.3) is 0 Å². The highest BCUT2D eigenvalue weighted by Gasteiger charge is 2.20. The van der Waals surface area contributed by atoms with Crippen molar-refractivity contribution in [3.8, 4) is 0 Å². The van der Waals surface area contributed by atoms with E-state index < -0.39 is 5.60 Å². The van der Waals surface area contributed by atoms with Crippen LogP contribution in [0.1, 0.15) is 52.9 Å². The molecule has 0 heterocycles. The van der Waals surface area contributed by atoms with Crippen molar-refractivity contribution >= 4 is 6.09 Å². The van der Waals surface area contributed by atoms with Crippen molar-refractivity contribution in [1.82, 2.24) is 10.6 Å². The zero-order valence-corrected chi connectivity index (χ0v) is 13.3. The first-order valence-corrected chi connectivity index (χ1v) is 7.64. The van der Waals surface area contributed by atoms with Crippen molar-refractivity contribution in [2.24, 2.45) is 0 Å². The minimum atomic E-state index is -0.428. The molecule has 1 saturated carbocycles. The fraction of sp³-hybridized carbons (Fsp3) is 0.933. The molecule has 1 amide bonds. The molecule has 0 atom stereocenters. The van der Waals surface area contributed by atoms with Crippen molar-refractivity contribution < 1.29 is 14.3 Å². The first kappa shape index (κ1) is 17.2. The molecule has 0 aromatic rings. The predicted molar refractivity (Wildman–Crippen MR) is 79.9 cm³/mol. The van der Waals surface area contributed by atoms with Crippen LogP contribution in [0.5, 0.6) is 0 Å². The van der Waals surface area contributed by atoms with Crippen LogP contribution in [0.3, 0.4) is 0 Å². The smallest absolute Gasteiger partial charge is 0.407 e. The third kappa shape index (κ3) is 7.70. The summed E-state index contributed by atoms with van der Waals surface area (Å²) in [5.74, 6) is 0. The van der Waals surface area contributed by atoms with E-state index in [1.54, 1.807) is 7.11 Å². The highest BCUT2D eigenvalue weighted by Crippen LogP contribution is 2.20. The molecule has 118 valence electrons. The Bertz CT molecular complexity index is 281. The van der Waals surface area contributed by atoms with E-state index in [9.17, 15) is 4.79 Å². The van der Waals surface area contributed by atoms with Gasteiger partial charge in [0, 0.05) is 19.7 Å². The maximum atomic E-state index is 11.4. The molecule has 5 nitrogen and oxygen atoms in total. The van der Waals surface area contributed by atoms with Crippen LogP contribution in [0.25, 0.3) is 0 Å². The Morgan fingerprint density at radius 2 is 1.80 bits per heavy atom. The van der Waals surface area contributed by atoms with Gasteiger partial charge in [-0.2, -0.15) is 0 Å². The fourth-order valence-electron chi connectivity index (χ4n) is 2.40. The Morgan fingerprint density at radius 3 is 2.35 bits per heavy atom. The Hall–Kier alpha value is -0.810. The van der Waals surface area contributed by atoms with E-state index in [1.807, 2.05) is 20.8 Å². The summed E-state index contributed by atoms with van der Waals surface area (Å²) in [5.41, 5.74) is -0.428. The van der Waals surface area contributed by atoms with Crippen LogP contribution in [0, 0.1) is 0 Å². The molecular formula is C15H30N2O3. The van der Waals surface area contributed by atoms with Crippen molar-refractivity contribution in [3.63, 3.8) is 0 Å². The Morgan fingerprint density at radius 1 is 1.15 bits per heavy atom. The van der Waals surface area contributed by atoms with Crippen LogP contribution in [0.15, 0.2) is 0 Å². The maximum absolute atomic E-state index is 11.4. The number of methoxy groups -OCH3 is 1. The van der Waals surface area contributed by atoms with Gasteiger partial charge in [0.05, 0.1) is 6.10 Å². The first-order chi connectivity index (χ1) is 9.40. The summed E-state index contributed by atoms with van der Waals surface area (Å²) in [6.45, 7) is 7.17. The Balaban J connectivity index is 1.99. The minimum absolute atomic E-state index is 0.335. The summed E-state index contributed by atoms with van der Waals surface area (Å²) in [6.07, 6.45) is 5.67. The molecular weight excluding hydrogens is 256 g/mol. The van der Waals surface area contributed by atoms with Gasteiger partial charge in [-0.3, -0.25) is 0 Å². The summed E-state index contributed by atoms with van der Waals surface area (Å²) in [7, 11) is 1.79. The number of ether oxygens (including phenoxy) is 2. The first-order valence-electron chi connectivity index (χ1n) is 7.64. The summed E-state index contributed by atoms with van der Waals surface area (Å²) in [4.78, 5) is 11.4. The van der Waals surface area contributed by atoms with E-state index in [2.05, 4.69) is 10.6 Å². The molecule has 1 rings (SSSR count). The second-order valence-electron chi connectivity index (χ2n) is 6.45. The SMILES string of the molecule is COC1CCC(NCCCNC(=O)OC(C)(C)C)CC1. The summed E-state index contributed by atoms with van der Waals surface area (Å²) in [6, 6.07) is 0.600. The van der Waals surface area contributed by atoms with E-state index >= 15 is 0 Å². The lowest BCUT2D eigenvalue weighted by Gasteiger charge is -2.28. The topological polar surface area (TPSA) is 59.6 Å². The molecule has 0 unspecified atom stereocenters. The van der Waals surface area contributed by atoms with Crippen LogP contribution >= 0.6 is 0 Å². The van der Waals surface area contributed by atoms with Crippen molar-refractivity contribution in [1.29, 1.82) is 0 Å². The zero-order valence-electron chi connectivity index (χ0n) is 13.3. The highest BCUT2D eigenvalue weighted by molar-refractivity contribution is 5.67. The molecule has 0 aromatic carbocycles. The average molecular weight is 286 g/mol. The molecule has 0 aromatic heterocycles. The summed E-state index contributed by atoms with van der Waals surface area (Å²) >= 11 is 0. The molecule has 0 radical (unpaired) electrons. The molecule has 0 saturated heterocycles. The summed E-state index contributed by atoms with van der Waals surface area (Å²) < 4.78 is 10.5. The number of carbonyl (C=O) groups is 1. The molecule has 20 heavy (non-hydrogen) atoms. The van der Waals surface area contributed by atoms with Gasteiger partial charge in [-0.25, -0.2) is 4.79 Å². The van der Waals surface area contributed by atoms with Crippen molar-refractivity contribution in [2.75, 3.05) is 20.2 Å². The lowest BCUT2D eigenvalue weighted by atomic mass is 9.93. The lowest BCUT2D eigenvalue weighted by Crippen LogP contribution is -2.37.